The van der Waals surface area contributed by atoms with E-state index in [9.17, 15) is 4.21 Å². The highest BCUT2D eigenvalue weighted by atomic mass is 32.2. The summed E-state index contributed by atoms with van der Waals surface area (Å²) >= 11 is 0. The Morgan fingerprint density at radius 3 is 2.41 bits per heavy atom. The summed E-state index contributed by atoms with van der Waals surface area (Å²) in [6.07, 6.45) is 4.75. The Morgan fingerprint density at radius 1 is 1.24 bits per heavy atom. The minimum absolute atomic E-state index is 0.577. The molecular weight excluding hydrogens is 230 g/mol. The van der Waals surface area contributed by atoms with Gasteiger partial charge >= 0.3 is 0 Å². The smallest absolute Gasteiger partial charge is 0.0532 e. The van der Waals surface area contributed by atoms with Crippen LogP contribution in [0.3, 0.4) is 0 Å². The highest BCUT2D eigenvalue weighted by Crippen LogP contribution is 2.18. The van der Waals surface area contributed by atoms with Crippen LogP contribution < -0.4 is 5.73 Å². The molecule has 0 saturated carbocycles. The maximum Gasteiger partial charge on any atom is 0.0532 e. The fraction of sp³-hybridized carbons (Fsp3) is 0.571. The highest BCUT2D eigenvalue weighted by molar-refractivity contribution is 7.85. The average Bonchev–Trinajstić information content (AvgIpc) is 2.35. The number of nitrogens with two attached hydrogens (primary N) is 1. The van der Waals surface area contributed by atoms with Crippen molar-refractivity contribution in [1.82, 2.24) is 0 Å². The Bertz CT molecular complexity index is 348. The molecule has 1 aromatic carbocycles. The Balaban J connectivity index is 2.54. The second-order valence-electron chi connectivity index (χ2n) is 4.50. The largest absolute Gasteiger partial charge is 0.399 e. The van der Waals surface area contributed by atoms with Crippen LogP contribution in [-0.2, 0) is 10.8 Å². The molecular formula is C14H23NOS. The van der Waals surface area contributed by atoms with E-state index in [0.29, 0.717) is 5.92 Å². The number of rotatable bonds is 7. The van der Waals surface area contributed by atoms with Crippen LogP contribution in [0.1, 0.15) is 39.5 Å². The van der Waals surface area contributed by atoms with Crippen molar-refractivity contribution in [2.75, 3.05) is 11.5 Å². The van der Waals surface area contributed by atoms with Crippen molar-refractivity contribution in [1.29, 1.82) is 0 Å². The van der Waals surface area contributed by atoms with Gasteiger partial charge in [0.15, 0.2) is 0 Å². The SMILES string of the molecule is CCCCC(CC)CS(=O)c1ccc(N)cc1. The Kier molecular flexibility index (Phi) is 6.27. The lowest BCUT2D eigenvalue weighted by Crippen LogP contribution is -2.10. The number of hydrogen-bond acceptors (Lipinski definition) is 2. The molecule has 0 aliphatic carbocycles. The molecule has 2 N–H and O–H groups in total. The summed E-state index contributed by atoms with van der Waals surface area (Å²) in [5.74, 6) is 1.36. The van der Waals surface area contributed by atoms with Crippen molar-refractivity contribution < 1.29 is 4.21 Å². The molecule has 0 heterocycles. The lowest BCUT2D eigenvalue weighted by molar-refractivity contribution is 0.494. The van der Waals surface area contributed by atoms with Crippen molar-refractivity contribution in [2.24, 2.45) is 5.92 Å². The number of hydrogen-bond donors (Lipinski definition) is 1. The molecule has 0 aliphatic heterocycles. The average molecular weight is 253 g/mol. The molecule has 1 aromatic rings. The van der Waals surface area contributed by atoms with Crippen molar-refractivity contribution in [3.05, 3.63) is 24.3 Å². The minimum Gasteiger partial charge on any atom is -0.399 e. The number of nitrogen functional groups attached to an aromatic ring is 1. The first-order chi connectivity index (χ1) is 8.17. The van der Waals surface area contributed by atoms with E-state index in [1.807, 2.05) is 24.3 Å². The summed E-state index contributed by atoms with van der Waals surface area (Å²) in [6.45, 7) is 4.38. The zero-order chi connectivity index (χ0) is 12.7. The molecule has 0 spiro atoms. The summed E-state index contributed by atoms with van der Waals surface area (Å²) in [5.41, 5.74) is 6.35. The monoisotopic (exact) mass is 253 g/mol. The van der Waals surface area contributed by atoms with Gasteiger partial charge in [-0.3, -0.25) is 4.21 Å². The zero-order valence-electron chi connectivity index (χ0n) is 10.8. The maximum atomic E-state index is 12.2. The third kappa shape index (κ3) is 4.90. The predicted octanol–water partition coefficient (Wildman–Crippen LogP) is 3.59. The molecule has 0 aromatic heterocycles. The van der Waals surface area contributed by atoms with E-state index in [-0.39, 0.29) is 0 Å². The summed E-state index contributed by atoms with van der Waals surface area (Å²) in [5, 5.41) is 0. The second-order valence-corrected chi connectivity index (χ2v) is 5.99. The third-order valence-corrected chi connectivity index (χ3v) is 4.65. The molecule has 3 heteroatoms. The van der Waals surface area contributed by atoms with Crippen molar-refractivity contribution in [3.8, 4) is 0 Å². The van der Waals surface area contributed by atoms with Crippen LogP contribution in [0.5, 0.6) is 0 Å². The molecule has 2 atom stereocenters. The first kappa shape index (κ1) is 14.2. The van der Waals surface area contributed by atoms with Crippen LogP contribution in [0, 0.1) is 5.92 Å². The summed E-state index contributed by atoms with van der Waals surface area (Å²) < 4.78 is 12.2. The van der Waals surface area contributed by atoms with E-state index in [0.717, 1.165) is 22.8 Å². The molecule has 0 aliphatic rings. The fourth-order valence-electron chi connectivity index (χ4n) is 1.83. The summed E-state index contributed by atoms with van der Waals surface area (Å²) in [6, 6.07) is 7.39. The van der Waals surface area contributed by atoms with E-state index in [1.165, 1.54) is 19.3 Å². The summed E-state index contributed by atoms with van der Waals surface area (Å²) in [7, 11) is -0.881. The standard InChI is InChI=1S/C14H23NOS/c1-3-5-6-12(4-2)11-17(16)14-9-7-13(15)8-10-14/h7-10,12H,3-6,11,15H2,1-2H3. The van der Waals surface area contributed by atoms with Crippen LogP contribution in [0.2, 0.25) is 0 Å². The maximum absolute atomic E-state index is 12.2. The quantitative estimate of drug-likeness (QED) is 0.755. The predicted molar refractivity (Wildman–Crippen MR) is 75.4 cm³/mol. The van der Waals surface area contributed by atoms with Gasteiger partial charge in [0, 0.05) is 16.3 Å². The van der Waals surface area contributed by atoms with Gasteiger partial charge in [0.1, 0.15) is 0 Å². The molecule has 96 valence electrons. The van der Waals surface area contributed by atoms with Crippen molar-refractivity contribution in [2.45, 2.75) is 44.4 Å². The van der Waals surface area contributed by atoms with Crippen LogP contribution in [0.15, 0.2) is 29.2 Å². The molecule has 17 heavy (non-hydrogen) atoms. The van der Waals surface area contributed by atoms with Gasteiger partial charge in [-0.05, 0) is 36.6 Å². The highest BCUT2D eigenvalue weighted by Gasteiger charge is 2.12. The number of benzene rings is 1. The summed E-state index contributed by atoms with van der Waals surface area (Å²) in [4.78, 5) is 0.897. The first-order valence-corrected chi connectivity index (χ1v) is 7.73. The molecule has 0 bridgehead atoms. The van der Waals surface area contributed by atoms with E-state index in [1.54, 1.807) is 0 Å². The van der Waals surface area contributed by atoms with Gasteiger partial charge in [0.25, 0.3) is 0 Å². The Labute approximate surface area is 107 Å². The topological polar surface area (TPSA) is 43.1 Å². The van der Waals surface area contributed by atoms with Crippen LogP contribution in [0.25, 0.3) is 0 Å². The van der Waals surface area contributed by atoms with Gasteiger partial charge in [-0.25, -0.2) is 0 Å². The zero-order valence-corrected chi connectivity index (χ0v) is 11.6. The van der Waals surface area contributed by atoms with Crippen LogP contribution >= 0.6 is 0 Å². The van der Waals surface area contributed by atoms with Gasteiger partial charge in [-0.15, -0.1) is 0 Å². The van der Waals surface area contributed by atoms with Gasteiger partial charge in [-0.1, -0.05) is 33.1 Å². The molecule has 1 rings (SSSR count). The molecule has 0 amide bonds. The van der Waals surface area contributed by atoms with Crippen molar-refractivity contribution >= 4 is 16.5 Å². The lowest BCUT2D eigenvalue weighted by atomic mass is 10.0. The molecule has 2 nitrogen and oxygen atoms in total. The molecule has 0 radical (unpaired) electrons. The van der Waals surface area contributed by atoms with Gasteiger partial charge in [0.2, 0.25) is 0 Å². The first-order valence-electron chi connectivity index (χ1n) is 6.41. The molecule has 0 fully saturated rings. The number of unbranched alkanes of at least 4 members (excludes halogenated alkanes) is 1. The van der Waals surface area contributed by atoms with E-state index >= 15 is 0 Å². The van der Waals surface area contributed by atoms with E-state index in [2.05, 4.69) is 13.8 Å². The number of anilines is 1. The van der Waals surface area contributed by atoms with Crippen LogP contribution in [0.4, 0.5) is 5.69 Å². The Morgan fingerprint density at radius 2 is 1.88 bits per heavy atom. The minimum atomic E-state index is -0.881. The van der Waals surface area contributed by atoms with E-state index < -0.39 is 10.8 Å². The van der Waals surface area contributed by atoms with Gasteiger partial charge in [-0.2, -0.15) is 0 Å². The van der Waals surface area contributed by atoms with Gasteiger partial charge < -0.3 is 5.73 Å². The second kappa shape index (κ2) is 7.49. The normalized spacial score (nSPS) is 14.5. The fourth-order valence-corrected chi connectivity index (χ4v) is 3.29. The van der Waals surface area contributed by atoms with Crippen LogP contribution in [-0.4, -0.2) is 9.96 Å². The third-order valence-electron chi connectivity index (χ3n) is 3.07. The van der Waals surface area contributed by atoms with Gasteiger partial charge in [0.05, 0.1) is 10.8 Å². The molecule has 0 saturated heterocycles. The lowest BCUT2D eigenvalue weighted by Gasteiger charge is -2.13. The molecule has 2 unspecified atom stereocenters. The van der Waals surface area contributed by atoms with Crippen molar-refractivity contribution in [3.63, 3.8) is 0 Å². The van der Waals surface area contributed by atoms with E-state index in [4.69, 9.17) is 5.73 Å². The Hall–Kier alpha value is -0.830.